The van der Waals surface area contributed by atoms with Crippen LogP contribution in [0.4, 0.5) is 0 Å². The largest absolute Gasteiger partial charge is 0.489 e. The summed E-state index contributed by atoms with van der Waals surface area (Å²) in [5, 5.41) is 6.28. The second kappa shape index (κ2) is 12.0. The Morgan fingerprint density at radius 1 is 1.03 bits per heavy atom. The number of nitrogens with one attached hydrogen (secondary N) is 1. The van der Waals surface area contributed by atoms with E-state index in [1.165, 1.54) is 27.5 Å². The lowest BCUT2D eigenvalue weighted by molar-refractivity contribution is 0.0801. The van der Waals surface area contributed by atoms with Gasteiger partial charge in [0.05, 0.1) is 0 Å². The van der Waals surface area contributed by atoms with Crippen LogP contribution in [-0.4, -0.2) is 37.0 Å². The first-order valence-corrected chi connectivity index (χ1v) is 13.3. The van der Waals surface area contributed by atoms with E-state index in [1.807, 2.05) is 27.0 Å². The molecule has 5 rings (SSSR count). The van der Waals surface area contributed by atoms with Crippen molar-refractivity contribution in [3.8, 4) is 5.75 Å². The molecule has 4 aromatic rings. The van der Waals surface area contributed by atoms with E-state index in [1.54, 1.807) is 4.90 Å². The van der Waals surface area contributed by atoms with Crippen LogP contribution in [0.5, 0.6) is 5.75 Å². The van der Waals surface area contributed by atoms with Gasteiger partial charge in [0.15, 0.2) is 0 Å². The molecule has 198 valence electrons. The van der Waals surface area contributed by atoms with Crippen LogP contribution in [0.3, 0.4) is 0 Å². The number of nitrogens with zero attached hydrogens (tertiary/aromatic N) is 1. The van der Waals surface area contributed by atoms with Gasteiger partial charge in [-0.2, -0.15) is 0 Å². The second-order valence-electron chi connectivity index (χ2n) is 10.2. The highest BCUT2D eigenvalue weighted by atomic mass is 35.5. The predicted octanol–water partition coefficient (Wildman–Crippen LogP) is 7.30. The maximum Gasteiger partial charge on any atom is 0.253 e. The summed E-state index contributed by atoms with van der Waals surface area (Å²) in [6.07, 6.45) is 0.878. The number of hydrogen-bond donors (Lipinski definition) is 1. The molecule has 0 radical (unpaired) electrons. The lowest BCUT2D eigenvalue weighted by Gasteiger charge is -2.34. The minimum absolute atomic E-state index is 0. The molecule has 4 aromatic carbocycles. The molecule has 4 nitrogen and oxygen atoms in total. The van der Waals surface area contributed by atoms with E-state index in [4.69, 9.17) is 4.74 Å². The Labute approximate surface area is 232 Å². The van der Waals surface area contributed by atoms with Gasteiger partial charge >= 0.3 is 0 Å². The van der Waals surface area contributed by atoms with Crippen LogP contribution >= 0.6 is 12.4 Å². The van der Waals surface area contributed by atoms with Crippen LogP contribution < -0.4 is 10.1 Å². The van der Waals surface area contributed by atoms with Crippen molar-refractivity contribution in [1.82, 2.24) is 10.2 Å². The zero-order chi connectivity index (χ0) is 25.9. The summed E-state index contributed by atoms with van der Waals surface area (Å²) in [6, 6.07) is 29.9. The van der Waals surface area contributed by atoms with E-state index in [2.05, 4.69) is 91.1 Å². The van der Waals surface area contributed by atoms with Gasteiger partial charge in [-0.1, -0.05) is 72.8 Å². The summed E-state index contributed by atoms with van der Waals surface area (Å²) in [4.78, 5) is 14.8. The SMILES string of the molecule is CCN(C)C(=O)c1cc(C2CC(CN[C@H](C)c3cccc4ccccc34)Oc3ccccc32)ccc1C.Cl. The normalized spacial score (nSPS) is 17.2. The number of benzene rings is 4. The van der Waals surface area contributed by atoms with Gasteiger partial charge in [-0.15, -0.1) is 12.4 Å². The third kappa shape index (κ3) is 5.57. The molecule has 0 aromatic heterocycles. The van der Waals surface area contributed by atoms with Crippen LogP contribution in [0.2, 0.25) is 0 Å². The van der Waals surface area contributed by atoms with Crippen molar-refractivity contribution in [2.75, 3.05) is 20.1 Å². The van der Waals surface area contributed by atoms with Crippen molar-refractivity contribution in [2.24, 2.45) is 0 Å². The molecule has 38 heavy (non-hydrogen) atoms. The number of carbonyl (C=O) groups is 1. The number of aryl methyl sites for hydroxylation is 1. The number of para-hydroxylation sites is 1. The van der Waals surface area contributed by atoms with Crippen molar-refractivity contribution in [1.29, 1.82) is 0 Å². The molecule has 0 saturated carbocycles. The molecule has 0 spiro atoms. The summed E-state index contributed by atoms with van der Waals surface area (Å²) in [5.41, 5.74) is 5.45. The fourth-order valence-electron chi connectivity index (χ4n) is 5.42. The summed E-state index contributed by atoms with van der Waals surface area (Å²) in [7, 11) is 1.86. The first-order valence-electron chi connectivity index (χ1n) is 13.3. The topological polar surface area (TPSA) is 41.6 Å². The third-order valence-corrected chi connectivity index (χ3v) is 7.74. The zero-order valence-electron chi connectivity index (χ0n) is 22.6. The molecule has 0 fully saturated rings. The maximum atomic E-state index is 13.0. The Bertz CT molecular complexity index is 1410. The number of fused-ring (bicyclic) bond motifs is 2. The Kier molecular flexibility index (Phi) is 8.76. The minimum atomic E-state index is 0. The number of rotatable bonds is 7. The van der Waals surface area contributed by atoms with Gasteiger partial charge in [0.2, 0.25) is 0 Å². The van der Waals surface area contributed by atoms with Gasteiger partial charge in [0.1, 0.15) is 11.9 Å². The first-order chi connectivity index (χ1) is 18.0. The monoisotopic (exact) mass is 528 g/mol. The molecule has 0 bridgehead atoms. The highest BCUT2D eigenvalue weighted by molar-refractivity contribution is 5.95. The van der Waals surface area contributed by atoms with Crippen molar-refractivity contribution in [3.63, 3.8) is 0 Å². The van der Waals surface area contributed by atoms with Crippen LogP contribution in [0.1, 0.15) is 64.8 Å². The summed E-state index contributed by atoms with van der Waals surface area (Å²) in [6.45, 7) is 7.66. The number of amides is 1. The highest BCUT2D eigenvalue weighted by Crippen LogP contribution is 2.41. The van der Waals surface area contributed by atoms with Gasteiger partial charge in [-0.25, -0.2) is 0 Å². The molecule has 5 heteroatoms. The van der Waals surface area contributed by atoms with E-state index >= 15 is 0 Å². The summed E-state index contributed by atoms with van der Waals surface area (Å²) in [5.74, 6) is 1.18. The molecule has 1 amide bonds. The van der Waals surface area contributed by atoms with Gasteiger partial charge in [-0.05, 0) is 66.8 Å². The predicted molar refractivity (Wildman–Crippen MR) is 159 cm³/mol. The Hall–Kier alpha value is -3.34. The Balaban J connectivity index is 0.00000336. The number of halogens is 1. The van der Waals surface area contributed by atoms with Crippen LogP contribution in [0.25, 0.3) is 10.8 Å². The highest BCUT2D eigenvalue weighted by Gasteiger charge is 2.30. The van der Waals surface area contributed by atoms with Gasteiger partial charge < -0.3 is 15.0 Å². The second-order valence-corrected chi connectivity index (χ2v) is 10.2. The molecule has 1 heterocycles. The molecule has 1 aliphatic rings. The molecule has 0 saturated heterocycles. The van der Waals surface area contributed by atoms with Crippen molar-refractivity contribution in [3.05, 3.63) is 113 Å². The van der Waals surface area contributed by atoms with Crippen molar-refractivity contribution in [2.45, 2.75) is 45.3 Å². The number of hydrogen-bond acceptors (Lipinski definition) is 3. The molecule has 0 aliphatic carbocycles. The third-order valence-electron chi connectivity index (χ3n) is 7.74. The molecular weight excluding hydrogens is 492 g/mol. The fourth-order valence-corrected chi connectivity index (χ4v) is 5.42. The number of ether oxygens (including phenoxy) is 1. The average Bonchev–Trinajstić information content (AvgIpc) is 2.94. The maximum absolute atomic E-state index is 13.0. The zero-order valence-corrected chi connectivity index (χ0v) is 23.4. The van der Waals surface area contributed by atoms with E-state index in [9.17, 15) is 4.79 Å². The summed E-state index contributed by atoms with van der Waals surface area (Å²) >= 11 is 0. The quantitative estimate of drug-likeness (QED) is 0.274. The Morgan fingerprint density at radius 2 is 1.76 bits per heavy atom. The van der Waals surface area contributed by atoms with E-state index < -0.39 is 0 Å². The van der Waals surface area contributed by atoms with Crippen LogP contribution in [0, 0.1) is 6.92 Å². The average molecular weight is 529 g/mol. The number of carbonyl (C=O) groups excluding carboxylic acids is 1. The van der Waals surface area contributed by atoms with E-state index in [0.717, 1.165) is 29.8 Å². The smallest absolute Gasteiger partial charge is 0.253 e. The minimum Gasteiger partial charge on any atom is -0.489 e. The van der Waals surface area contributed by atoms with E-state index in [-0.39, 0.29) is 36.4 Å². The molecule has 1 N–H and O–H groups in total. The Morgan fingerprint density at radius 3 is 2.58 bits per heavy atom. The van der Waals surface area contributed by atoms with Gasteiger partial charge in [0.25, 0.3) is 5.91 Å². The molecule has 2 unspecified atom stereocenters. The standard InChI is InChI=1S/C33H36N2O2.ClH/c1-5-35(4)33(36)30-19-25(18-17-22(30)2)31-20-26(37-32-16-9-8-14-29(31)32)21-34-23(3)27-15-10-12-24-11-6-7-13-28(24)27;/h6-19,23,26,31,34H,5,20-21H2,1-4H3;1H/t23-,26?,31?;/m1./s1. The van der Waals surface area contributed by atoms with Crippen molar-refractivity contribution < 1.29 is 9.53 Å². The fraction of sp³-hybridized carbons (Fsp3) is 0.303. The molecule has 1 aliphatic heterocycles. The lowest BCUT2D eigenvalue weighted by atomic mass is 9.83. The lowest BCUT2D eigenvalue weighted by Crippen LogP contribution is -2.37. The van der Waals surface area contributed by atoms with Crippen LogP contribution in [-0.2, 0) is 0 Å². The summed E-state index contributed by atoms with van der Waals surface area (Å²) < 4.78 is 6.48. The van der Waals surface area contributed by atoms with Gasteiger partial charge in [0, 0.05) is 43.2 Å². The van der Waals surface area contributed by atoms with Crippen molar-refractivity contribution >= 4 is 29.1 Å². The first kappa shape index (κ1) is 27.7. The van der Waals surface area contributed by atoms with Gasteiger partial charge in [-0.3, -0.25) is 4.79 Å². The molecule has 3 atom stereocenters. The van der Waals surface area contributed by atoms with Crippen LogP contribution in [0.15, 0.2) is 84.9 Å². The molecular formula is C33H37ClN2O2. The van der Waals surface area contributed by atoms with E-state index in [0.29, 0.717) is 6.54 Å².